The molecule has 1 amide bonds. The number of carbonyl (C=O) groups excluding carboxylic acids is 1. The number of terminal acetylenes is 1. The van der Waals surface area contributed by atoms with Crippen LogP contribution in [0.15, 0.2) is 30.5 Å². The maximum atomic E-state index is 12.9. The number of imidazole rings is 1. The number of hydrogen-bond acceptors (Lipinski definition) is 4. The number of nitrogens with zero attached hydrogens (tertiary/aromatic N) is 2. The molecule has 0 radical (unpaired) electrons. The van der Waals surface area contributed by atoms with E-state index in [1.807, 2.05) is 6.07 Å². The Morgan fingerprint density at radius 2 is 2.00 bits per heavy atom. The van der Waals surface area contributed by atoms with E-state index in [1.54, 1.807) is 0 Å². The number of rotatable bonds is 5. The first kappa shape index (κ1) is 23.3. The standard InChI is InChI=1S/C27H34N4O2/c1-6-21-18-28-24(29-21)25(32)30-23-8-7-20(27(31(4)5)13-15-33-16-14-27)17-22(23)19-9-11-26(2,3)12-10-19/h1,7-9,17-18H,10-16H2,2-5H3,(H,28,29)(H,30,32). The van der Waals surface area contributed by atoms with Crippen molar-refractivity contribution >= 4 is 17.2 Å². The van der Waals surface area contributed by atoms with Crippen LogP contribution < -0.4 is 5.32 Å². The van der Waals surface area contributed by atoms with Crippen LogP contribution in [0.25, 0.3) is 5.57 Å². The monoisotopic (exact) mass is 446 g/mol. The minimum Gasteiger partial charge on any atom is -0.381 e. The summed E-state index contributed by atoms with van der Waals surface area (Å²) >= 11 is 0. The van der Waals surface area contributed by atoms with E-state index in [9.17, 15) is 4.79 Å². The van der Waals surface area contributed by atoms with Crippen molar-refractivity contribution in [1.29, 1.82) is 0 Å². The fourth-order valence-corrected chi connectivity index (χ4v) is 4.92. The zero-order valence-corrected chi connectivity index (χ0v) is 20.1. The zero-order valence-electron chi connectivity index (χ0n) is 20.1. The van der Waals surface area contributed by atoms with Gasteiger partial charge in [-0.15, -0.1) is 6.42 Å². The Kier molecular flexibility index (Phi) is 6.47. The largest absolute Gasteiger partial charge is 0.381 e. The van der Waals surface area contributed by atoms with Crippen molar-refractivity contribution in [3.8, 4) is 12.3 Å². The predicted molar refractivity (Wildman–Crippen MR) is 132 cm³/mol. The van der Waals surface area contributed by atoms with Gasteiger partial charge >= 0.3 is 0 Å². The van der Waals surface area contributed by atoms with Crippen molar-refractivity contribution in [1.82, 2.24) is 14.9 Å². The van der Waals surface area contributed by atoms with Crippen LogP contribution in [-0.2, 0) is 10.3 Å². The van der Waals surface area contributed by atoms with Crippen LogP contribution >= 0.6 is 0 Å². The van der Waals surface area contributed by atoms with Crippen LogP contribution in [0, 0.1) is 17.8 Å². The van der Waals surface area contributed by atoms with Crippen LogP contribution in [0.2, 0.25) is 0 Å². The number of nitrogens with one attached hydrogen (secondary N) is 2. The molecule has 1 aliphatic carbocycles. The van der Waals surface area contributed by atoms with E-state index in [-0.39, 0.29) is 17.3 Å². The number of hydrogen-bond donors (Lipinski definition) is 2. The van der Waals surface area contributed by atoms with Crippen molar-refractivity contribution in [2.75, 3.05) is 32.6 Å². The molecule has 1 aromatic heterocycles. The summed E-state index contributed by atoms with van der Waals surface area (Å²) < 4.78 is 5.68. The second-order valence-corrected chi connectivity index (χ2v) is 10.1. The Morgan fingerprint density at radius 1 is 1.24 bits per heavy atom. The van der Waals surface area contributed by atoms with Crippen molar-refractivity contribution in [3.05, 3.63) is 53.1 Å². The number of aromatic nitrogens is 2. The summed E-state index contributed by atoms with van der Waals surface area (Å²) in [5.41, 5.74) is 5.16. The second kappa shape index (κ2) is 9.17. The molecule has 0 atom stereocenters. The molecule has 0 bridgehead atoms. The molecule has 1 fully saturated rings. The number of allylic oxidation sites excluding steroid dienone is 2. The zero-order chi connectivity index (χ0) is 23.6. The van der Waals surface area contributed by atoms with Crippen molar-refractivity contribution in [2.45, 2.75) is 51.5 Å². The number of benzene rings is 1. The molecule has 2 aliphatic rings. The molecule has 6 heteroatoms. The molecular weight excluding hydrogens is 412 g/mol. The molecule has 1 aromatic carbocycles. The first-order valence-electron chi connectivity index (χ1n) is 11.7. The Labute approximate surface area is 196 Å². The maximum absolute atomic E-state index is 12.9. The van der Waals surface area contributed by atoms with Gasteiger partial charge < -0.3 is 15.0 Å². The summed E-state index contributed by atoms with van der Waals surface area (Å²) in [5.74, 6) is 2.39. The topological polar surface area (TPSA) is 70.2 Å². The lowest BCUT2D eigenvalue weighted by Crippen LogP contribution is -2.45. The first-order valence-corrected chi connectivity index (χ1v) is 11.7. The third kappa shape index (κ3) is 4.75. The molecule has 2 N–H and O–H groups in total. The Balaban J connectivity index is 1.74. The van der Waals surface area contributed by atoms with Crippen LogP contribution in [0.3, 0.4) is 0 Å². The molecule has 6 nitrogen and oxygen atoms in total. The van der Waals surface area contributed by atoms with Gasteiger partial charge in [-0.3, -0.25) is 9.69 Å². The minimum atomic E-state index is -0.296. The first-order chi connectivity index (χ1) is 15.7. The molecule has 33 heavy (non-hydrogen) atoms. The number of ether oxygens (including phenoxy) is 1. The fraction of sp³-hybridized carbons (Fsp3) is 0.481. The molecule has 1 saturated heterocycles. The lowest BCUT2D eigenvalue weighted by molar-refractivity contribution is -0.0105. The van der Waals surface area contributed by atoms with Crippen LogP contribution in [-0.4, -0.2) is 48.1 Å². The van der Waals surface area contributed by atoms with Crippen molar-refractivity contribution in [2.24, 2.45) is 5.41 Å². The summed E-state index contributed by atoms with van der Waals surface area (Å²) in [6.07, 6.45) is 14.3. The van der Waals surface area contributed by atoms with Gasteiger partial charge in [-0.05, 0) is 74.9 Å². The third-order valence-corrected chi connectivity index (χ3v) is 7.25. The third-order valence-electron chi connectivity index (χ3n) is 7.25. The van der Waals surface area contributed by atoms with E-state index >= 15 is 0 Å². The maximum Gasteiger partial charge on any atom is 0.291 e. The molecule has 1 aliphatic heterocycles. The summed E-state index contributed by atoms with van der Waals surface area (Å²) in [5, 5.41) is 3.07. The SMILES string of the molecule is C#Cc1cnc(C(=O)Nc2ccc(C3(N(C)C)CCOCC3)cc2C2=CCC(C)(C)CC2)[nH]1. The molecule has 2 heterocycles. The number of anilines is 1. The number of H-pyrrole nitrogens is 1. The predicted octanol–water partition coefficient (Wildman–Crippen LogP) is 4.80. The highest BCUT2D eigenvalue weighted by atomic mass is 16.5. The summed E-state index contributed by atoms with van der Waals surface area (Å²) in [6, 6.07) is 6.46. The van der Waals surface area contributed by atoms with Gasteiger partial charge in [-0.1, -0.05) is 31.9 Å². The highest BCUT2D eigenvalue weighted by Gasteiger charge is 2.37. The van der Waals surface area contributed by atoms with Gasteiger partial charge in [-0.2, -0.15) is 0 Å². The molecule has 0 saturated carbocycles. The average molecular weight is 447 g/mol. The van der Waals surface area contributed by atoms with Crippen LogP contribution in [0.5, 0.6) is 0 Å². The Morgan fingerprint density at radius 3 is 2.61 bits per heavy atom. The fourth-order valence-electron chi connectivity index (χ4n) is 4.92. The summed E-state index contributed by atoms with van der Waals surface area (Å²) in [7, 11) is 4.28. The molecule has 4 rings (SSSR count). The van der Waals surface area contributed by atoms with E-state index in [0.29, 0.717) is 11.1 Å². The summed E-state index contributed by atoms with van der Waals surface area (Å²) in [6.45, 7) is 6.11. The molecule has 0 spiro atoms. The second-order valence-electron chi connectivity index (χ2n) is 10.1. The van der Waals surface area contributed by atoms with Crippen molar-refractivity contribution in [3.63, 3.8) is 0 Å². The van der Waals surface area contributed by atoms with E-state index in [2.05, 4.69) is 72.3 Å². The van der Waals surface area contributed by atoms with Gasteiger partial charge in [-0.25, -0.2) is 4.98 Å². The van der Waals surface area contributed by atoms with Crippen molar-refractivity contribution < 1.29 is 9.53 Å². The molecule has 174 valence electrons. The highest BCUT2D eigenvalue weighted by molar-refractivity contribution is 6.03. The van der Waals surface area contributed by atoms with E-state index in [4.69, 9.17) is 11.2 Å². The average Bonchev–Trinajstić information content (AvgIpc) is 3.29. The van der Waals surface area contributed by atoms with Gasteiger partial charge in [0.05, 0.1) is 6.20 Å². The van der Waals surface area contributed by atoms with Crippen LogP contribution in [0.1, 0.15) is 73.4 Å². The van der Waals surface area contributed by atoms with Gasteiger partial charge in [0.1, 0.15) is 5.69 Å². The number of amides is 1. The Hall–Kier alpha value is -2.88. The van der Waals surface area contributed by atoms with E-state index in [1.165, 1.54) is 17.3 Å². The lowest BCUT2D eigenvalue weighted by atomic mass is 9.75. The van der Waals surface area contributed by atoms with Crippen LogP contribution in [0.4, 0.5) is 5.69 Å². The van der Waals surface area contributed by atoms with Gasteiger partial charge in [0.25, 0.3) is 5.91 Å². The number of aromatic amines is 1. The minimum absolute atomic E-state index is 0.0766. The smallest absolute Gasteiger partial charge is 0.291 e. The quantitative estimate of drug-likeness (QED) is 0.647. The van der Waals surface area contributed by atoms with Gasteiger partial charge in [0.2, 0.25) is 0 Å². The van der Waals surface area contributed by atoms with E-state index < -0.39 is 0 Å². The number of carbonyl (C=O) groups is 1. The van der Waals surface area contributed by atoms with E-state index in [0.717, 1.165) is 56.6 Å². The van der Waals surface area contributed by atoms with Gasteiger partial charge in [0.15, 0.2) is 5.82 Å². The Bertz CT molecular complexity index is 1100. The normalized spacial score (nSPS) is 19.6. The molecule has 2 aromatic rings. The van der Waals surface area contributed by atoms with Gasteiger partial charge in [0, 0.05) is 30.0 Å². The highest BCUT2D eigenvalue weighted by Crippen LogP contribution is 2.43. The summed E-state index contributed by atoms with van der Waals surface area (Å²) in [4.78, 5) is 22.2. The molecular formula is C27H34N4O2. The molecule has 0 unspecified atom stereocenters. The lowest BCUT2D eigenvalue weighted by Gasteiger charge is -2.43.